The molecule has 2 rings (SSSR count). The fourth-order valence-electron chi connectivity index (χ4n) is 3.39. The number of nitrogens with zero attached hydrogens (tertiary/aromatic N) is 1. The number of likely N-dealkylation sites (N-methyl/N-ethyl adjacent to an activating group) is 1. The topological polar surface area (TPSA) is 78.9 Å². The van der Waals surface area contributed by atoms with Gasteiger partial charge in [0.2, 0.25) is 0 Å². The zero-order chi connectivity index (χ0) is 15.5. The van der Waals surface area contributed by atoms with E-state index < -0.39 is 11.5 Å². The summed E-state index contributed by atoms with van der Waals surface area (Å²) in [5, 5.41) is 12.3. The number of carboxylic acids is 1. The van der Waals surface area contributed by atoms with Crippen molar-refractivity contribution in [2.75, 3.05) is 20.2 Å². The number of carbonyl (C=O) groups excluding carboxylic acids is 1. The second kappa shape index (κ2) is 6.64. The average Bonchev–Trinajstić information content (AvgIpc) is 2.91. The maximum atomic E-state index is 12.3. The number of amides is 2. The summed E-state index contributed by atoms with van der Waals surface area (Å²) < 4.78 is 5.52. The van der Waals surface area contributed by atoms with Gasteiger partial charge in [0.1, 0.15) is 5.54 Å². The normalized spacial score (nSPS) is 32.7. The van der Waals surface area contributed by atoms with Crippen molar-refractivity contribution >= 4 is 12.0 Å². The lowest BCUT2D eigenvalue weighted by molar-refractivity contribution is -0.146. The van der Waals surface area contributed by atoms with Gasteiger partial charge in [0.05, 0.1) is 6.10 Å². The van der Waals surface area contributed by atoms with Gasteiger partial charge in [-0.2, -0.15) is 0 Å². The predicted molar refractivity (Wildman–Crippen MR) is 78.1 cm³/mol. The Labute approximate surface area is 125 Å². The minimum absolute atomic E-state index is 0.0757. The van der Waals surface area contributed by atoms with E-state index in [-0.39, 0.29) is 12.1 Å². The molecule has 2 fully saturated rings. The molecule has 0 aromatic heterocycles. The molecular weight excluding hydrogens is 272 g/mol. The molecule has 6 heteroatoms. The van der Waals surface area contributed by atoms with Gasteiger partial charge in [-0.25, -0.2) is 9.59 Å². The fourth-order valence-corrected chi connectivity index (χ4v) is 3.39. The Bertz CT molecular complexity index is 395. The van der Waals surface area contributed by atoms with Crippen LogP contribution in [0.25, 0.3) is 0 Å². The van der Waals surface area contributed by atoms with Crippen molar-refractivity contribution in [3.05, 3.63) is 0 Å². The molecule has 120 valence electrons. The maximum Gasteiger partial charge on any atom is 0.329 e. The van der Waals surface area contributed by atoms with Crippen molar-refractivity contribution in [2.24, 2.45) is 5.92 Å². The molecule has 0 aromatic rings. The number of nitrogens with one attached hydrogen (secondary N) is 1. The Morgan fingerprint density at radius 3 is 2.71 bits per heavy atom. The molecule has 1 saturated carbocycles. The first kappa shape index (κ1) is 16.1. The number of urea groups is 1. The average molecular weight is 298 g/mol. The number of hydrogen-bond acceptors (Lipinski definition) is 3. The standard InChI is InChI=1S/C15H26N2O4/c1-11-5-3-7-15(9-11,13(18)19)16-14(20)17(2)10-12-6-4-8-21-12/h11-12H,3-10H2,1-2H3,(H,16,20)(H,18,19). The van der Waals surface area contributed by atoms with Crippen molar-refractivity contribution < 1.29 is 19.4 Å². The van der Waals surface area contributed by atoms with Gasteiger partial charge in [0, 0.05) is 20.2 Å². The number of carboxylic acid groups (broad SMARTS) is 1. The monoisotopic (exact) mass is 298 g/mol. The number of aliphatic carboxylic acids is 1. The molecule has 3 atom stereocenters. The number of carbonyl (C=O) groups is 2. The van der Waals surface area contributed by atoms with Crippen molar-refractivity contribution in [3.8, 4) is 0 Å². The van der Waals surface area contributed by atoms with Gasteiger partial charge in [0.25, 0.3) is 0 Å². The smallest absolute Gasteiger partial charge is 0.329 e. The summed E-state index contributed by atoms with van der Waals surface area (Å²) >= 11 is 0. The molecule has 0 bridgehead atoms. The molecule has 3 unspecified atom stereocenters. The minimum atomic E-state index is -1.11. The van der Waals surface area contributed by atoms with Gasteiger partial charge in [0.15, 0.2) is 0 Å². The van der Waals surface area contributed by atoms with Gasteiger partial charge in [-0.05, 0) is 31.6 Å². The van der Waals surface area contributed by atoms with Crippen LogP contribution in [0.3, 0.4) is 0 Å². The van der Waals surface area contributed by atoms with Crippen LogP contribution in [0.2, 0.25) is 0 Å². The van der Waals surface area contributed by atoms with Gasteiger partial charge in [-0.15, -0.1) is 0 Å². The summed E-state index contributed by atoms with van der Waals surface area (Å²) in [4.78, 5) is 25.5. The molecule has 0 spiro atoms. The van der Waals surface area contributed by atoms with Gasteiger partial charge in [-0.1, -0.05) is 19.8 Å². The van der Waals surface area contributed by atoms with Crippen LogP contribution in [0.5, 0.6) is 0 Å². The van der Waals surface area contributed by atoms with E-state index in [1.54, 1.807) is 11.9 Å². The van der Waals surface area contributed by atoms with Crippen LogP contribution in [0.4, 0.5) is 4.79 Å². The fraction of sp³-hybridized carbons (Fsp3) is 0.867. The van der Waals surface area contributed by atoms with E-state index in [2.05, 4.69) is 5.32 Å². The molecule has 2 amide bonds. The zero-order valence-corrected chi connectivity index (χ0v) is 12.9. The molecule has 1 aliphatic carbocycles. The summed E-state index contributed by atoms with van der Waals surface area (Å²) in [6, 6.07) is -0.318. The van der Waals surface area contributed by atoms with Gasteiger partial charge < -0.3 is 20.1 Å². The Balaban J connectivity index is 1.95. The van der Waals surface area contributed by atoms with Crippen LogP contribution >= 0.6 is 0 Å². The summed E-state index contributed by atoms with van der Waals surface area (Å²) in [7, 11) is 1.69. The molecule has 6 nitrogen and oxygen atoms in total. The van der Waals surface area contributed by atoms with Crippen LogP contribution in [0.15, 0.2) is 0 Å². The van der Waals surface area contributed by atoms with Crippen molar-refractivity contribution in [1.82, 2.24) is 10.2 Å². The maximum absolute atomic E-state index is 12.3. The summed E-state index contributed by atoms with van der Waals surface area (Å²) in [6.07, 6.45) is 4.93. The highest BCUT2D eigenvalue weighted by Gasteiger charge is 2.43. The van der Waals surface area contributed by atoms with E-state index in [0.29, 0.717) is 25.3 Å². The Morgan fingerprint density at radius 1 is 1.38 bits per heavy atom. The number of hydrogen-bond donors (Lipinski definition) is 2. The first-order chi connectivity index (χ1) is 9.93. The van der Waals surface area contributed by atoms with E-state index in [1.165, 1.54) is 0 Å². The molecule has 1 aliphatic heterocycles. The van der Waals surface area contributed by atoms with E-state index >= 15 is 0 Å². The summed E-state index contributed by atoms with van der Waals surface area (Å²) in [5.41, 5.74) is -1.11. The predicted octanol–water partition coefficient (Wildman–Crippen LogP) is 1.84. The lowest BCUT2D eigenvalue weighted by atomic mass is 9.76. The molecule has 1 saturated heterocycles. The number of rotatable bonds is 4. The molecule has 0 aromatic carbocycles. The second-order valence-corrected chi connectivity index (χ2v) is 6.53. The highest BCUT2D eigenvalue weighted by atomic mass is 16.5. The minimum Gasteiger partial charge on any atom is -0.480 e. The SMILES string of the molecule is CC1CCCC(NC(=O)N(C)CC2CCCO2)(C(=O)O)C1. The van der Waals surface area contributed by atoms with Crippen LogP contribution in [-0.4, -0.2) is 53.8 Å². The van der Waals surface area contributed by atoms with Gasteiger partial charge >= 0.3 is 12.0 Å². The van der Waals surface area contributed by atoms with Crippen LogP contribution in [0, 0.1) is 5.92 Å². The molecule has 0 radical (unpaired) electrons. The number of ether oxygens (including phenoxy) is 1. The van der Waals surface area contributed by atoms with Crippen LogP contribution in [0.1, 0.15) is 45.4 Å². The third-order valence-corrected chi connectivity index (χ3v) is 4.60. The van der Waals surface area contributed by atoms with Crippen molar-refractivity contribution in [3.63, 3.8) is 0 Å². The first-order valence-corrected chi connectivity index (χ1v) is 7.81. The van der Waals surface area contributed by atoms with Crippen molar-refractivity contribution in [2.45, 2.75) is 57.1 Å². The van der Waals surface area contributed by atoms with E-state index in [0.717, 1.165) is 32.3 Å². The molecular formula is C15H26N2O4. The van der Waals surface area contributed by atoms with Crippen molar-refractivity contribution in [1.29, 1.82) is 0 Å². The van der Waals surface area contributed by atoms with E-state index in [1.807, 2.05) is 6.92 Å². The van der Waals surface area contributed by atoms with Crippen LogP contribution in [-0.2, 0) is 9.53 Å². The largest absolute Gasteiger partial charge is 0.480 e. The molecule has 1 heterocycles. The van der Waals surface area contributed by atoms with Gasteiger partial charge in [-0.3, -0.25) is 0 Å². The van der Waals surface area contributed by atoms with E-state index in [4.69, 9.17) is 4.74 Å². The Morgan fingerprint density at radius 2 is 2.14 bits per heavy atom. The highest BCUT2D eigenvalue weighted by Crippen LogP contribution is 2.32. The lowest BCUT2D eigenvalue weighted by Gasteiger charge is -2.38. The quantitative estimate of drug-likeness (QED) is 0.830. The molecule has 2 N–H and O–H groups in total. The second-order valence-electron chi connectivity index (χ2n) is 6.53. The zero-order valence-electron chi connectivity index (χ0n) is 12.9. The summed E-state index contributed by atoms with van der Waals surface area (Å²) in [6.45, 7) is 3.30. The van der Waals surface area contributed by atoms with Crippen LogP contribution < -0.4 is 5.32 Å². The molecule has 2 aliphatic rings. The third-order valence-electron chi connectivity index (χ3n) is 4.60. The Kier molecular flexibility index (Phi) is 5.08. The highest BCUT2D eigenvalue weighted by molar-refractivity contribution is 5.86. The lowest BCUT2D eigenvalue weighted by Crippen LogP contribution is -2.59. The molecule has 21 heavy (non-hydrogen) atoms. The summed E-state index contributed by atoms with van der Waals surface area (Å²) in [5.74, 6) is -0.605. The van der Waals surface area contributed by atoms with E-state index in [9.17, 15) is 14.7 Å². The third kappa shape index (κ3) is 3.87. The first-order valence-electron chi connectivity index (χ1n) is 7.81. The Hall–Kier alpha value is -1.30.